The van der Waals surface area contributed by atoms with Crippen LogP contribution in [0.25, 0.3) is 0 Å². The fourth-order valence-electron chi connectivity index (χ4n) is 1.64. The number of carbonyl (C=O) groups is 1. The molecule has 1 amide bonds. The summed E-state index contributed by atoms with van der Waals surface area (Å²) in [5, 5.41) is 9.53. The zero-order chi connectivity index (χ0) is 13.3. The van der Waals surface area contributed by atoms with Crippen LogP contribution in [0.4, 0.5) is 5.69 Å². The second-order valence-corrected chi connectivity index (χ2v) is 4.90. The van der Waals surface area contributed by atoms with Crippen molar-refractivity contribution in [2.24, 2.45) is 12.8 Å². The molecule has 2 rings (SSSR count). The number of hydrogen-bond acceptors (Lipinski definition) is 5. The van der Waals surface area contributed by atoms with Crippen molar-refractivity contribution in [2.45, 2.75) is 20.4 Å². The van der Waals surface area contributed by atoms with E-state index < -0.39 is 0 Å². The van der Waals surface area contributed by atoms with Gasteiger partial charge in [0.2, 0.25) is 0 Å². The Bertz CT molecular complexity index is 586. The van der Waals surface area contributed by atoms with Gasteiger partial charge in [0.1, 0.15) is 10.7 Å². The molecule has 2 heterocycles. The number of carbonyl (C=O) groups excluding carboxylic acids is 1. The van der Waals surface area contributed by atoms with Crippen LogP contribution in [-0.4, -0.2) is 20.7 Å². The van der Waals surface area contributed by atoms with Gasteiger partial charge in [-0.25, -0.2) is 4.98 Å². The van der Waals surface area contributed by atoms with Crippen molar-refractivity contribution in [3.63, 3.8) is 0 Å². The molecule has 2 aromatic heterocycles. The second-order valence-electron chi connectivity index (χ2n) is 3.95. The van der Waals surface area contributed by atoms with Crippen LogP contribution in [0.5, 0.6) is 0 Å². The molecule has 0 aliphatic carbocycles. The number of hydrogen-bond donors (Lipinski definition) is 2. The van der Waals surface area contributed by atoms with Gasteiger partial charge in [-0.15, -0.1) is 11.3 Å². The van der Waals surface area contributed by atoms with Gasteiger partial charge in [-0.1, -0.05) is 0 Å². The van der Waals surface area contributed by atoms with E-state index in [9.17, 15) is 4.79 Å². The van der Waals surface area contributed by atoms with E-state index in [1.807, 2.05) is 20.9 Å². The minimum atomic E-state index is -0.231. The van der Waals surface area contributed by atoms with E-state index in [1.54, 1.807) is 10.1 Å². The molecular weight excluding hydrogens is 250 g/mol. The van der Waals surface area contributed by atoms with E-state index in [0.717, 1.165) is 22.1 Å². The summed E-state index contributed by atoms with van der Waals surface area (Å²) in [7, 11) is 1.84. The molecule has 0 aliphatic rings. The molecule has 0 fully saturated rings. The molecule has 96 valence electrons. The van der Waals surface area contributed by atoms with Gasteiger partial charge in [0, 0.05) is 19.0 Å². The van der Waals surface area contributed by atoms with Crippen LogP contribution < -0.4 is 11.1 Å². The summed E-state index contributed by atoms with van der Waals surface area (Å²) in [6, 6.07) is 0. The van der Waals surface area contributed by atoms with E-state index in [0.29, 0.717) is 12.2 Å². The first-order chi connectivity index (χ1) is 8.52. The maximum atomic E-state index is 12.0. The SMILES string of the molecule is Cc1nn(C)c(C)c1NC(=O)c1csc(CN)n1. The number of nitrogens with two attached hydrogens (primary N) is 1. The number of amides is 1. The zero-order valence-corrected chi connectivity index (χ0v) is 11.3. The molecule has 0 spiro atoms. The van der Waals surface area contributed by atoms with Crippen LogP contribution in [0.1, 0.15) is 26.9 Å². The minimum absolute atomic E-state index is 0.231. The molecule has 3 N–H and O–H groups in total. The standard InChI is InChI=1S/C11H15N5OS/c1-6-10(7(2)16(3)15-6)14-11(17)8-5-18-9(4-12)13-8/h5H,4,12H2,1-3H3,(H,14,17). The number of nitrogens with zero attached hydrogens (tertiary/aromatic N) is 3. The van der Waals surface area contributed by atoms with Crippen molar-refractivity contribution in [3.05, 3.63) is 27.5 Å². The number of rotatable bonds is 3. The summed E-state index contributed by atoms with van der Waals surface area (Å²) < 4.78 is 1.73. The van der Waals surface area contributed by atoms with Gasteiger partial charge in [0.05, 0.1) is 17.1 Å². The molecule has 18 heavy (non-hydrogen) atoms. The van der Waals surface area contributed by atoms with Crippen LogP contribution in [0.3, 0.4) is 0 Å². The Morgan fingerprint density at radius 1 is 1.56 bits per heavy atom. The van der Waals surface area contributed by atoms with Crippen molar-refractivity contribution >= 4 is 22.9 Å². The van der Waals surface area contributed by atoms with Crippen molar-refractivity contribution in [2.75, 3.05) is 5.32 Å². The van der Waals surface area contributed by atoms with E-state index in [-0.39, 0.29) is 5.91 Å². The van der Waals surface area contributed by atoms with E-state index in [1.165, 1.54) is 11.3 Å². The first kappa shape index (κ1) is 12.7. The largest absolute Gasteiger partial charge is 0.325 e. The minimum Gasteiger partial charge on any atom is -0.325 e. The molecule has 0 atom stereocenters. The molecule has 0 saturated heterocycles. The highest BCUT2D eigenvalue weighted by Crippen LogP contribution is 2.19. The summed E-state index contributed by atoms with van der Waals surface area (Å²) in [4.78, 5) is 16.2. The number of anilines is 1. The maximum Gasteiger partial charge on any atom is 0.275 e. The Morgan fingerprint density at radius 3 is 2.78 bits per heavy atom. The number of thiazole rings is 1. The fraction of sp³-hybridized carbons (Fsp3) is 0.364. The van der Waals surface area contributed by atoms with Crippen LogP contribution in [-0.2, 0) is 13.6 Å². The van der Waals surface area contributed by atoms with Crippen LogP contribution in [0, 0.1) is 13.8 Å². The lowest BCUT2D eigenvalue weighted by Gasteiger charge is -2.03. The molecule has 0 radical (unpaired) electrons. The lowest BCUT2D eigenvalue weighted by Crippen LogP contribution is -2.14. The normalized spacial score (nSPS) is 10.7. The topological polar surface area (TPSA) is 85.8 Å². The third-order valence-corrected chi connectivity index (χ3v) is 3.58. The lowest BCUT2D eigenvalue weighted by molar-refractivity contribution is 0.102. The number of aromatic nitrogens is 3. The predicted octanol–water partition coefficient (Wildman–Crippen LogP) is 1.20. The molecule has 0 aromatic carbocycles. The Labute approximate surface area is 109 Å². The Hall–Kier alpha value is -1.73. The van der Waals surface area contributed by atoms with Crippen LogP contribution >= 0.6 is 11.3 Å². The number of nitrogens with one attached hydrogen (secondary N) is 1. The molecular formula is C11H15N5OS. The van der Waals surface area contributed by atoms with E-state index in [2.05, 4.69) is 15.4 Å². The van der Waals surface area contributed by atoms with Crippen molar-refractivity contribution in [1.29, 1.82) is 0 Å². The lowest BCUT2D eigenvalue weighted by atomic mass is 10.3. The highest BCUT2D eigenvalue weighted by atomic mass is 32.1. The Morgan fingerprint density at radius 2 is 2.28 bits per heavy atom. The van der Waals surface area contributed by atoms with E-state index >= 15 is 0 Å². The van der Waals surface area contributed by atoms with Gasteiger partial charge in [0.15, 0.2) is 0 Å². The third kappa shape index (κ3) is 2.27. The average molecular weight is 265 g/mol. The van der Waals surface area contributed by atoms with Gasteiger partial charge < -0.3 is 11.1 Å². The Kier molecular flexibility index (Phi) is 3.44. The molecule has 6 nitrogen and oxygen atoms in total. The highest BCUT2D eigenvalue weighted by molar-refractivity contribution is 7.09. The summed E-state index contributed by atoms with van der Waals surface area (Å²) in [5.41, 5.74) is 8.30. The summed E-state index contributed by atoms with van der Waals surface area (Å²) in [6.07, 6.45) is 0. The number of aryl methyl sites for hydroxylation is 2. The summed E-state index contributed by atoms with van der Waals surface area (Å²) in [5.74, 6) is -0.231. The van der Waals surface area contributed by atoms with E-state index in [4.69, 9.17) is 5.73 Å². The summed E-state index contributed by atoms with van der Waals surface area (Å²) in [6.45, 7) is 4.11. The average Bonchev–Trinajstić information content (AvgIpc) is 2.90. The van der Waals surface area contributed by atoms with Gasteiger partial charge in [-0.05, 0) is 13.8 Å². The third-order valence-electron chi connectivity index (χ3n) is 2.71. The molecule has 2 aromatic rings. The molecule has 0 unspecified atom stereocenters. The molecule has 7 heteroatoms. The predicted molar refractivity (Wildman–Crippen MR) is 70.6 cm³/mol. The second kappa shape index (κ2) is 4.87. The quantitative estimate of drug-likeness (QED) is 0.873. The van der Waals surface area contributed by atoms with Gasteiger partial charge >= 0.3 is 0 Å². The molecule has 0 bridgehead atoms. The fourth-order valence-corrected chi connectivity index (χ4v) is 2.30. The smallest absolute Gasteiger partial charge is 0.275 e. The molecule has 0 aliphatic heterocycles. The van der Waals surface area contributed by atoms with Crippen molar-refractivity contribution < 1.29 is 4.79 Å². The first-order valence-corrected chi connectivity index (χ1v) is 6.37. The van der Waals surface area contributed by atoms with Crippen molar-refractivity contribution in [1.82, 2.24) is 14.8 Å². The van der Waals surface area contributed by atoms with Crippen LogP contribution in [0.2, 0.25) is 0 Å². The van der Waals surface area contributed by atoms with Gasteiger partial charge in [-0.2, -0.15) is 5.10 Å². The van der Waals surface area contributed by atoms with Crippen LogP contribution in [0.15, 0.2) is 5.38 Å². The molecule has 0 saturated carbocycles. The zero-order valence-electron chi connectivity index (χ0n) is 10.5. The van der Waals surface area contributed by atoms with Gasteiger partial charge in [0.25, 0.3) is 5.91 Å². The Balaban J connectivity index is 2.21. The van der Waals surface area contributed by atoms with Gasteiger partial charge in [-0.3, -0.25) is 9.48 Å². The maximum absolute atomic E-state index is 12.0. The highest BCUT2D eigenvalue weighted by Gasteiger charge is 2.15. The van der Waals surface area contributed by atoms with Crippen molar-refractivity contribution in [3.8, 4) is 0 Å². The summed E-state index contributed by atoms with van der Waals surface area (Å²) >= 11 is 1.38. The monoisotopic (exact) mass is 265 g/mol. The first-order valence-electron chi connectivity index (χ1n) is 5.49.